The number of rotatable bonds is 5. The quantitative estimate of drug-likeness (QED) is 0.787. The molecule has 0 spiro atoms. The van der Waals surface area contributed by atoms with Crippen LogP contribution in [0.2, 0.25) is 0 Å². The van der Waals surface area contributed by atoms with Gasteiger partial charge in [0.05, 0.1) is 10.9 Å². The zero-order valence-corrected chi connectivity index (χ0v) is 14.4. The fourth-order valence-corrected chi connectivity index (χ4v) is 3.54. The van der Waals surface area contributed by atoms with Gasteiger partial charge in [0.1, 0.15) is 5.78 Å². The van der Waals surface area contributed by atoms with E-state index >= 15 is 0 Å². The number of hydrogen-bond acceptors (Lipinski definition) is 5. The minimum atomic E-state index is -0.129. The van der Waals surface area contributed by atoms with Crippen molar-refractivity contribution in [2.24, 2.45) is 0 Å². The number of ketones is 1. The predicted octanol–water partition coefficient (Wildman–Crippen LogP) is 3.33. The van der Waals surface area contributed by atoms with Gasteiger partial charge >= 0.3 is 0 Å². The van der Waals surface area contributed by atoms with Crippen molar-refractivity contribution in [1.29, 1.82) is 0 Å². The average Bonchev–Trinajstić information content (AvgIpc) is 3.00. The van der Waals surface area contributed by atoms with Crippen LogP contribution in [0.3, 0.4) is 0 Å². The van der Waals surface area contributed by atoms with Crippen molar-refractivity contribution in [2.75, 3.05) is 18.0 Å². The Kier molecular flexibility index (Phi) is 5.00. The van der Waals surface area contributed by atoms with E-state index in [-0.39, 0.29) is 11.0 Å². The van der Waals surface area contributed by atoms with E-state index in [1.54, 1.807) is 6.92 Å². The summed E-state index contributed by atoms with van der Waals surface area (Å²) in [5.74, 6) is 1.03. The van der Waals surface area contributed by atoms with E-state index < -0.39 is 0 Å². The third-order valence-electron chi connectivity index (χ3n) is 4.12. The molecular weight excluding hydrogens is 308 g/mol. The molecule has 122 valence electrons. The third-order valence-corrected chi connectivity index (χ3v) is 5.28. The second-order valence-corrected chi connectivity index (χ2v) is 7.18. The number of thioether (sulfide) groups is 1. The lowest BCUT2D eigenvalue weighted by molar-refractivity contribution is -0.116. The lowest BCUT2D eigenvalue weighted by Gasteiger charge is -2.27. The summed E-state index contributed by atoms with van der Waals surface area (Å²) < 4.78 is 2.08. The molecule has 0 amide bonds. The molecule has 1 aromatic carbocycles. The fourth-order valence-electron chi connectivity index (χ4n) is 2.68. The van der Waals surface area contributed by atoms with E-state index in [0.29, 0.717) is 0 Å². The number of nitrogens with zero attached hydrogens (tertiary/aromatic N) is 4. The summed E-state index contributed by atoms with van der Waals surface area (Å²) >= 11 is 1.47. The Morgan fingerprint density at radius 3 is 2.48 bits per heavy atom. The van der Waals surface area contributed by atoms with Crippen LogP contribution in [0.1, 0.15) is 33.1 Å². The fraction of sp³-hybridized carbons (Fsp3) is 0.471. The zero-order chi connectivity index (χ0) is 16.2. The Bertz CT molecular complexity index is 664. The molecule has 1 fully saturated rings. The van der Waals surface area contributed by atoms with Gasteiger partial charge in [-0.1, -0.05) is 30.0 Å². The Balaban J connectivity index is 1.99. The van der Waals surface area contributed by atoms with E-state index in [1.807, 2.05) is 25.1 Å². The van der Waals surface area contributed by atoms with Gasteiger partial charge in [-0.2, -0.15) is 0 Å². The van der Waals surface area contributed by atoms with Gasteiger partial charge in [0, 0.05) is 13.1 Å². The molecule has 5 nitrogen and oxygen atoms in total. The van der Waals surface area contributed by atoms with E-state index in [0.717, 1.165) is 29.9 Å². The average molecular weight is 330 g/mol. The number of carbonyl (C=O) groups excluding carboxylic acids is 1. The molecule has 2 heterocycles. The maximum Gasteiger partial charge on any atom is 0.232 e. The molecule has 0 radical (unpaired) electrons. The number of aromatic nitrogens is 3. The van der Waals surface area contributed by atoms with E-state index in [9.17, 15) is 4.79 Å². The van der Waals surface area contributed by atoms with E-state index in [2.05, 4.69) is 31.8 Å². The van der Waals surface area contributed by atoms with Crippen molar-refractivity contribution >= 4 is 23.5 Å². The first kappa shape index (κ1) is 16.1. The number of piperidine rings is 1. The van der Waals surface area contributed by atoms with Gasteiger partial charge < -0.3 is 4.90 Å². The van der Waals surface area contributed by atoms with Gasteiger partial charge in [0.2, 0.25) is 5.95 Å². The maximum atomic E-state index is 11.6. The first-order valence-electron chi connectivity index (χ1n) is 8.09. The number of anilines is 1. The van der Waals surface area contributed by atoms with Crippen LogP contribution in [-0.2, 0) is 4.79 Å². The van der Waals surface area contributed by atoms with Gasteiger partial charge in [-0.25, -0.2) is 0 Å². The molecule has 1 aliphatic heterocycles. The summed E-state index contributed by atoms with van der Waals surface area (Å²) in [5.41, 5.74) is 1.04. The van der Waals surface area contributed by atoms with Crippen molar-refractivity contribution in [1.82, 2.24) is 14.8 Å². The molecular formula is C17H22N4OS. The highest BCUT2D eigenvalue weighted by atomic mass is 32.2. The predicted molar refractivity (Wildman–Crippen MR) is 93.4 cm³/mol. The van der Waals surface area contributed by atoms with Gasteiger partial charge in [0.25, 0.3) is 0 Å². The molecule has 0 unspecified atom stereocenters. The minimum Gasteiger partial charge on any atom is -0.341 e. The SMILES string of the molecule is CC(=O)[C@H](C)Sc1nnc(N2CCCCC2)n1-c1ccccc1. The number of para-hydroxylation sites is 1. The molecule has 23 heavy (non-hydrogen) atoms. The monoisotopic (exact) mass is 330 g/mol. The highest BCUT2D eigenvalue weighted by Crippen LogP contribution is 2.30. The maximum absolute atomic E-state index is 11.6. The largest absolute Gasteiger partial charge is 0.341 e. The minimum absolute atomic E-state index is 0.129. The summed E-state index contributed by atoms with van der Waals surface area (Å²) in [4.78, 5) is 13.9. The van der Waals surface area contributed by atoms with Crippen LogP contribution in [0.25, 0.3) is 5.69 Å². The summed E-state index contributed by atoms with van der Waals surface area (Å²) in [6.45, 7) is 5.56. The summed E-state index contributed by atoms with van der Waals surface area (Å²) in [5, 5.41) is 9.46. The van der Waals surface area contributed by atoms with Crippen LogP contribution in [0.4, 0.5) is 5.95 Å². The Labute approximate surface area is 141 Å². The molecule has 1 aromatic heterocycles. The van der Waals surface area contributed by atoms with Crippen molar-refractivity contribution in [3.63, 3.8) is 0 Å². The van der Waals surface area contributed by atoms with Crippen LogP contribution in [0, 0.1) is 0 Å². The number of carbonyl (C=O) groups is 1. The Morgan fingerprint density at radius 1 is 1.13 bits per heavy atom. The van der Waals surface area contributed by atoms with E-state index in [4.69, 9.17) is 0 Å². The van der Waals surface area contributed by atoms with E-state index in [1.165, 1.54) is 31.0 Å². The summed E-state index contributed by atoms with van der Waals surface area (Å²) in [6, 6.07) is 10.1. The summed E-state index contributed by atoms with van der Waals surface area (Å²) in [7, 11) is 0. The first-order chi connectivity index (χ1) is 11.2. The van der Waals surface area contributed by atoms with Crippen molar-refractivity contribution in [3.05, 3.63) is 30.3 Å². The third kappa shape index (κ3) is 3.58. The molecule has 3 rings (SSSR count). The number of hydrogen-bond donors (Lipinski definition) is 0. The van der Waals surface area contributed by atoms with Gasteiger partial charge in [-0.15, -0.1) is 10.2 Å². The zero-order valence-electron chi connectivity index (χ0n) is 13.6. The van der Waals surface area contributed by atoms with Gasteiger partial charge in [-0.05, 0) is 45.2 Å². The molecule has 2 aromatic rings. The second-order valence-electron chi connectivity index (χ2n) is 5.87. The van der Waals surface area contributed by atoms with Crippen LogP contribution >= 0.6 is 11.8 Å². The van der Waals surface area contributed by atoms with Gasteiger partial charge in [-0.3, -0.25) is 9.36 Å². The molecule has 0 bridgehead atoms. The van der Waals surface area contributed by atoms with Crippen LogP contribution in [0.5, 0.6) is 0 Å². The molecule has 0 N–H and O–H groups in total. The standard InChI is InChI=1S/C17H22N4OS/c1-13(22)14(2)23-17-19-18-16(20-11-7-4-8-12-20)21(17)15-9-5-3-6-10-15/h3,5-6,9-10,14H,4,7-8,11-12H2,1-2H3/t14-/m0/s1. The second kappa shape index (κ2) is 7.17. The highest BCUT2D eigenvalue weighted by molar-refractivity contribution is 8.00. The molecule has 1 aliphatic rings. The molecule has 0 saturated carbocycles. The molecule has 0 aliphatic carbocycles. The van der Waals surface area contributed by atoms with Crippen molar-refractivity contribution in [3.8, 4) is 5.69 Å². The van der Waals surface area contributed by atoms with Crippen LogP contribution in [-0.4, -0.2) is 38.9 Å². The van der Waals surface area contributed by atoms with Crippen LogP contribution < -0.4 is 4.90 Å². The van der Waals surface area contributed by atoms with Gasteiger partial charge in [0.15, 0.2) is 5.16 Å². The molecule has 1 atom stereocenters. The Morgan fingerprint density at radius 2 is 1.83 bits per heavy atom. The molecule has 6 heteroatoms. The van der Waals surface area contributed by atoms with Crippen molar-refractivity contribution < 1.29 is 4.79 Å². The number of Topliss-reactive ketones (excluding diaryl/α,β-unsaturated/α-hetero) is 1. The number of benzene rings is 1. The first-order valence-corrected chi connectivity index (χ1v) is 8.97. The topological polar surface area (TPSA) is 51.0 Å². The smallest absolute Gasteiger partial charge is 0.232 e. The van der Waals surface area contributed by atoms with Crippen molar-refractivity contribution in [2.45, 2.75) is 43.5 Å². The summed E-state index contributed by atoms with van der Waals surface area (Å²) in [6.07, 6.45) is 3.65. The Hall–Kier alpha value is -1.82. The highest BCUT2D eigenvalue weighted by Gasteiger charge is 2.23. The lowest BCUT2D eigenvalue weighted by atomic mass is 10.1. The lowest BCUT2D eigenvalue weighted by Crippen LogP contribution is -2.31. The van der Waals surface area contributed by atoms with Crippen LogP contribution in [0.15, 0.2) is 35.5 Å². The normalized spacial score (nSPS) is 16.3. The molecule has 1 saturated heterocycles.